The second-order valence-corrected chi connectivity index (χ2v) is 7.85. The van der Waals surface area contributed by atoms with Gasteiger partial charge >= 0.3 is 0 Å². The first kappa shape index (κ1) is 20.6. The summed E-state index contributed by atoms with van der Waals surface area (Å²) in [6.45, 7) is 5.49. The van der Waals surface area contributed by atoms with Gasteiger partial charge in [0.05, 0.1) is 17.2 Å². The number of hydrogen-bond donors (Lipinski definition) is 2. The average molecular weight is 408 g/mol. The molecule has 0 aliphatic carbocycles. The summed E-state index contributed by atoms with van der Waals surface area (Å²) < 4.78 is 10.8. The van der Waals surface area contributed by atoms with Crippen molar-refractivity contribution in [1.82, 2.24) is 10.1 Å². The van der Waals surface area contributed by atoms with Crippen LogP contribution in [0, 0.1) is 13.8 Å². The summed E-state index contributed by atoms with van der Waals surface area (Å²) in [5.41, 5.74) is 0.105. The number of aryl methyl sites for hydroxylation is 2. The Morgan fingerprint density at radius 3 is 2.93 bits per heavy atom. The van der Waals surface area contributed by atoms with E-state index in [9.17, 15) is 9.90 Å². The van der Waals surface area contributed by atoms with E-state index < -0.39 is 5.60 Å². The van der Waals surface area contributed by atoms with E-state index >= 15 is 0 Å². The Balaban J connectivity index is 1.50. The van der Waals surface area contributed by atoms with Gasteiger partial charge in [-0.2, -0.15) is 0 Å². The fourth-order valence-electron chi connectivity index (χ4n) is 3.28. The highest BCUT2D eigenvalue weighted by atomic mass is 35.5. The van der Waals surface area contributed by atoms with Crippen LogP contribution in [0.3, 0.4) is 0 Å². The van der Waals surface area contributed by atoms with E-state index in [1.807, 2.05) is 24.0 Å². The number of aliphatic hydroxyl groups is 1. The standard InChI is InChI=1S/C20H26ClN3O4/c1-14-4-5-16(21)17(10-14)27-13-20(26)6-3-8-24(9-7-20)12-19(25)22-18-11-15(2)28-23-18/h4-5,10-11,26H,3,6-9,12-13H2,1-2H3,(H,22,23,25). The van der Waals surface area contributed by atoms with E-state index in [2.05, 4.69) is 10.5 Å². The molecule has 1 aromatic carbocycles. The molecule has 2 N–H and O–H groups in total. The van der Waals surface area contributed by atoms with Gasteiger partial charge in [-0.15, -0.1) is 0 Å². The number of rotatable bonds is 6. The molecule has 152 valence electrons. The summed E-state index contributed by atoms with van der Waals surface area (Å²) in [6.07, 6.45) is 1.90. The molecule has 8 heteroatoms. The zero-order valence-electron chi connectivity index (χ0n) is 16.2. The van der Waals surface area contributed by atoms with Crippen LogP contribution >= 0.6 is 11.6 Å². The van der Waals surface area contributed by atoms with Gasteiger partial charge in [0.25, 0.3) is 0 Å². The Morgan fingerprint density at radius 2 is 2.18 bits per heavy atom. The van der Waals surface area contributed by atoms with Crippen LogP contribution in [0.5, 0.6) is 5.75 Å². The fraction of sp³-hybridized carbons (Fsp3) is 0.500. The maximum atomic E-state index is 12.2. The number of likely N-dealkylation sites (tertiary alicyclic amines) is 1. The van der Waals surface area contributed by atoms with Crippen molar-refractivity contribution in [2.45, 2.75) is 38.7 Å². The Kier molecular flexibility index (Phi) is 6.59. The number of benzene rings is 1. The molecule has 0 bridgehead atoms. The van der Waals surface area contributed by atoms with Crippen LogP contribution < -0.4 is 10.1 Å². The fourth-order valence-corrected chi connectivity index (χ4v) is 3.45. The Hall–Kier alpha value is -2.09. The van der Waals surface area contributed by atoms with E-state index in [0.717, 1.165) is 18.5 Å². The molecule has 2 heterocycles. The van der Waals surface area contributed by atoms with Crippen molar-refractivity contribution in [1.29, 1.82) is 0 Å². The zero-order valence-corrected chi connectivity index (χ0v) is 17.0. The second-order valence-electron chi connectivity index (χ2n) is 7.45. The normalized spacial score (nSPS) is 20.6. The highest BCUT2D eigenvalue weighted by Gasteiger charge is 2.31. The third-order valence-corrected chi connectivity index (χ3v) is 5.17. The van der Waals surface area contributed by atoms with Gasteiger partial charge in [0.15, 0.2) is 5.82 Å². The van der Waals surface area contributed by atoms with Crippen molar-refractivity contribution in [2.24, 2.45) is 0 Å². The van der Waals surface area contributed by atoms with E-state index in [-0.39, 0.29) is 19.1 Å². The number of hydrogen-bond acceptors (Lipinski definition) is 6. The number of ether oxygens (including phenoxy) is 1. The predicted molar refractivity (Wildman–Crippen MR) is 107 cm³/mol. The molecule has 1 aromatic heterocycles. The molecule has 2 aromatic rings. The molecule has 1 amide bonds. The maximum absolute atomic E-state index is 12.2. The molecule has 1 unspecified atom stereocenters. The van der Waals surface area contributed by atoms with Gasteiger partial charge in [0.1, 0.15) is 18.1 Å². The van der Waals surface area contributed by atoms with Crippen LogP contribution in [0.2, 0.25) is 5.02 Å². The highest BCUT2D eigenvalue weighted by molar-refractivity contribution is 6.32. The quantitative estimate of drug-likeness (QED) is 0.764. The molecular weight excluding hydrogens is 382 g/mol. The van der Waals surface area contributed by atoms with Gasteiger partial charge in [-0.05, 0) is 57.4 Å². The summed E-state index contributed by atoms with van der Waals surface area (Å²) >= 11 is 6.17. The Morgan fingerprint density at radius 1 is 1.36 bits per heavy atom. The van der Waals surface area contributed by atoms with Crippen molar-refractivity contribution >= 4 is 23.3 Å². The van der Waals surface area contributed by atoms with E-state index in [4.69, 9.17) is 20.9 Å². The summed E-state index contributed by atoms with van der Waals surface area (Å²) in [6, 6.07) is 7.25. The minimum Gasteiger partial charge on any atom is -0.489 e. The number of amides is 1. The van der Waals surface area contributed by atoms with E-state index in [0.29, 0.717) is 41.7 Å². The van der Waals surface area contributed by atoms with Crippen LogP contribution in [0.25, 0.3) is 0 Å². The second kappa shape index (κ2) is 8.94. The Bertz CT molecular complexity index is 826. The van der Waals surface area contributed by atoms with E-state index in [1.54, 1.807) is 19.1 Å². The number of carbonyl (C=O) groups is 1. The minimum absolute atomic E-state index is 0.151. The molecule has 0 spiro atoms. The molecule has 1 atom stereocenters. The molecule has 28 heavy (non-hydrogen) atoms. The van der Waals surface area contributed by atoms with Gasteiger partial charge in [-0.25, -0.2) is 0 Å². The lowest BCUT2D eigenvalue weighted by Crippen LogP contribution is -2.38. The van der Waals surface area contributed by atoms with Crippen molar-refractivity contribution in [2.75, 3.05) is 31.6 Å². The van der Waals surface area contributed by atoms with Crippen LogP contribution in [0.15, 0.2) is 28.8 Å². The molecule has 1 fully saturated rings. The van der Waals surface area contributed by atoms with Gasteiger partial charge in [-0.3, -0.25) is 9.69 Å². The zero-order chi connectivity index (χ0) is 20.1. The largest absolute Gasteiger partial charge is 0.489 e. The van der Waals surface area contributed by atoms with E-state index in [1.165, 1.54) is 0 Å². The van der Waals surface area contributed by atoms with Crippen molar-refractivity contribution in [3.63, 3.8) is 0 Å². The van der Waals surface area contributed by atoms with Gasteiger partial charge in [0, 0.05) is 12.6 Å². The van der Waals surface area contributed by atoms with Gasteiger partial charge < -0.3 is 19.7 Å². The number of nitrogens with zero attached hydrogens (tertiary/aromatic N) is 2. The SMILES string of the molecule is Cc1ccc(Cl)c(OCC2(O)CCCN(CC(=O)Nc3cc(C)on3)CC2)c1. The third-order valence-electron chi connectivity index (χ3n) is 4.86. The summed E-state index contributed by atoms with van der Waals surface area (Å²) in [7, 11) is 0. The van der Waals surface area contributed by atoms with Gasteiger partial charge in [0.2, 0.25) is 5.91 Å². The first-order valence-corrected chi connectivity index (χ1v) is 9.78. The predicted octanol–water partition coefficient (Wildman–Crippen LogP) is 3.18. The topological polar surface area (TPSA) is 87.8 Å². The lowest BCUT2D eigenvalue weighted by molar-refractivity contribution is -0.117. The number of nitrogens with one attached hydrogen (secondary N) is 1. The lowest BCUT2D eigenvalue weighted by atomic mass is 9.96. The van der Waals surface area contributed by atoms with Crippen molar-refractivity contribution < 1.29 is 19.2 Å². The number of halogens is 1. The molecular formula is C20H26ClN3O4. The Labute approximate surface area is 169 Å². The summed E-state index contributed by atoms with van der Waals surface area (Å²) in [5.74, 6) is 1.49. The number of carbonyl (C=O) groups excluding carboxylic acids is 1. The molecule has 1 saturated heterocycles. The third kappa shape index (κ3) is 5.70. The smallest absolute Gasteiger partial charge is 0.239 e. The first-order chi connectivity index (χ1) is 13.3. The highest BCUT2D eigenvalue weighted by Crippen LogP contribution is 2.28. The summed E-state index contributed by atoms with van der Waals surface area (Å²) in [5, 5.41) is 18.0. The van der Waals surface area contributed by atoms with Crippen LogP contribution in [0.1, 0.15) is 30.6 Å². The molecule has 0 saturated carbocycles. The molecule has 1 aliphatic heterocycles. The number of anilines is 1. The molecule has 1 aliphatic rings. The minimum atomic E-state index is -0.943. The van der Waals surface area contributed by atoms with Gasteiger partial charge in [-0.1, -0.05) is 22.8 Å². The molecule has 0 radical (unpaired) electrons. The van der Waals surface area contributed by atoms with Crippen molar-refractivity contribution in [3.05, 3.63) is 40.6 Å². The average Bonchev–Trinajstić information content (AvgIpc) is 2.95. The molecule has 3 rings (SSSR count). The lowest BCUT2D eigenvalue weighted by Gasteiger charge is -2.27. The monoisotopic (exact) mass is 407 g/mol. The van der Waals surface area contributed by atoms with Crippen molar-refractivity contribution in [3.8, 4) is 5.75 Å². The van der Waals surface area contributed by atoms with Crippen LogP contribution in [-0.2, 0) is 4.79 Å². The maximum Gasteiger partial charge on any atom is 0.239 e. The summed E-state index contributed by atoms with van der Waals surface area (Å²) in [4.78, 5) is 14.2. The molecule has 7 nitrogen and oxygen atoms in total. The van der Waals surface area contributed by atoms with Crippen LogP contribution in [-0.4, -0.2) is 52.9 Å². The first-order valence-electron chi connectivity index (χ1n) is 9.40. The number of aromatic nitrogens is 1. The van der Waals surface area contributed by atoms with Crippen LogP contribution in [0.4, 0.5) is 5.82 Å².